The highest BCUT2D eigenvalue weighted by molar-refractivity contribution is 5.74. The molecule has 0 spiro atoms. The van der Waals surface area contributed by atoms with Gasteiger partial charge in [-0.05, 0) is 63.4 Å². The largest absolute Gasteiger partial charge is 0.392 e. The van der Waals surface area contributed by atoms with Crippen LogP contribution in [0.4, 0.5) is 0 Å². The minimum absolute atomic E-state index is 0.00259. The summed E-state index contributed by atoms with van der Waals surface area (Å²) in [5.41, 5.74) is 3.34. The lowest BCUT2D eigenvalue weighted by molar-refractivity contribution is -0.106. The van der Waals surface area contributed by atoms with Crippen LogP contribution in [0.25, 0.3) is 0 Å². The maximum atomic E-state index is 11.5. The summed E-state index contributed by atoms with van der Waals surface area (Å²) in [6.07, 6.45) is 9.83. The molecule has 2 aliphatic rings. The molecule has 0 aromatic heterocycles. The van der Waals surface area contributed by atoms with Crippen LogP contribution in [0.3, 0.4) is 0 Å². The summed E-state index contributed by atoms with van der Waals surface area (Å²) in [6.45, 7) is 10.7. The minimum Gasteiger partial charge on any atom is -0.392 e. The number of carbonyl (C=O) groups is 1. The first-order chi connectivity index (χ1) is 10.5. The summed E-state index contributed by atoms with van der Waals surface area (Å²) in [7, 11) is 0. The number of hydrogen-bond donors (Lipinski definition) is 1. The van der Waals surface area contributed by atoms with Crippen molar-refractivity contribution in [3.8, 4) is 0 Å². The van der Waals surface area contributed by atoms with Crippen LogP contribution in [0.2, 0.25) is 0 Å². The van der Waals surface area contributed by atoms with E-state index < -0.39 is 6.10 Å². The molecule has 22 heavy (non-hydrogen) atoms. The van der Waals surface area contributed by atoms with Gasteiger partial charge in [0.05, 0.1) is 6.10 Å². The number of rotatable bonds is 5. The van der Waals surface area contributed by atoms with Crippen LogP contribution in [-0.4, -0.2) is 17.5 Å². The van der Waals surface area contributed by atoms with Crippen LogP contribution in [0.5, 0.6) is 0 Å². The van der Waals surface area contributed by atoms with Crippen LogP contribution in [0.1, 0.15) is 52.9 Å². The van der Waals surface area contributed by atoms with Gasteiger partial charge < -0.3 is 5.11 Å². The van der Waals surface area contributed by atoms with Crippen molar-refractivity contribution in [1.29, 1.82) is 0 Å². The van der Waals surface area contributed by atoms with Crippen molar-refractivity contribution in [2.75, 3.05) is 0 Å². The Bertz CT molecular complexity index is 482. The van der Waals surface area contributed by atoms with E-state index in [1.54, 1.807) is 0 Å². The second-order valence-corrected chi connectivity index (χ2v) is 7.38. The van der Waals surface area contributed by atoms with E-state index in [2.05, 4.69) is 33.4 Å². The van der Waals surface area contributed by atoms with Gasteiger partial charge in [-0.3, -0.25) is 4.79 Å². The van der Waals surface area contributed by atoms with Crippen LogP contribution in [0, 0.1) is 23.7 Å². The maximum Gasteiger partial charge on any atom is 0.146 e. The quantitative estimate of drug-likeness (QED) is 0.601. The number of carbonyl (C=O) groups excluding carboxylic acids is 1. The van der Waals surface area contributed by atoms with E-state index in [4.69, 9.17) is 0 Å². The van der Waals surface area contributed by atoms with Crippen molar-refractivity contribution < 1.29 is 9.90 Å². The van der Waals surface area contributed by atoms with Gasteiger partial charge in [0.2, 0.25) is 0 Å². The molecular formula is C20H30O2. The topological polar surface area (TPSA) is 37.3 Å². The second kappa shape index (κ2) is 7.41. The lowest BCUT2D eigenvalue weighted by Gasteiger charge is -2.38. The number of fused-ring (bicyclic) bond motifs is 2. The Balaban J connectivity index is 2.19. The first kappa shape index (κ1) is 17.2. The smallest absolute Gasteiger partial charge is 0.146 e. The van der Waals surface area contributed by atoms with Gasteiger partial charge in [-0.2, -0.15) is 0 Å². The molecule has 0 aromatic carbocycles. The predicted molar refractivity (Wildman–Crippen MR) is 91.4 cm³/mol. The number of aliphatic hydroxyl groups excluding tert-OH is 1. The van der Waals surface area contributed by atoms with Gasteiger partial charge >= 0.3 is 0 Å². The highest BCUT2D eigenvalue weighted by atomic mass is 16.3. The van der Waals surface area contributed by atoms with Crippen molar-refractivity contribution in [1.82, 2.24) is 0 Å². The number of allylic oxidation sites excluding steroid dienone is 3. The zero-order valence-corrected chi connectivity index (χ0v) is 14.2. The standard InChI is InChI=1S/C20H30O2/c1-13(2)6-5-7-14(3)17-10-8-15(4)18-11-9-16(12-21)19(17)20(18)22/h6,9,12,14,17-20,22H,4-5,7-8,10-11H2,1-3H3/t14-,17+,18+,19-,20-/m0/s1. The van der Waals surface area contributed by atoms with Crippen LogP contribution in [-0.2, 0) is 4.79 Å². The first-order valence-electron chi connectivity index (χ1n) is 8.60. The Morgan fingerprint density at radius 2 is 2.23 bits per heavy atom. The molecular weight excluding hydrogens is 272 g/mol. The molecule has 122 valence electrons. The molecule has 0 radical (unpaired) electrons. The lowest BCUT2D eigenvalue weighted by Crippen LogP contribution is -2.39. The van der Waals surface area contributed by atoms with Gasteiger partial charge in [-0.1, -0.05) is 36.8 Å². The third-order valence-corrected chi connectivity index (χ3v) is 5.60. The SMILES string of the molecule is C=C1CC[C@H]([C@@H](C)CCC=C(C)C)[C@@H]2C(C=O)=CC[C@H]1[C@@H]2O. The Hall–Kier alpha value is -1.15. The van der Waals surface area contributed by atoms with Gasteiger partial charge in [0.1, 0.15) is 6.29 Å². The zero-order valence-electron chi connectivity index (χ0n) is 14.2. The summed E-state index contributed by atoms with van der Waals surface area (Å²) >= 11 is 0. The molecule has 1 fully saturated rings. The number of hydrogen-bond acceptors (Lipinski definition) is 2. The molecule has 2 rings (SSSR count). The summed E-state index contributed by atoms with van der Waals surface area (Å²) < 4.78 is 0. The zero-order chi connectivity index (χ0) is 16.3. The molecule has 0 saturated heterocycles. The molecule has 2 heteroatoms. The van der Waals surface area contributed by atoms with Crippen LogP contribution >= 0.6 is 0 Å². The van der Waals surface area contributed by atoms with Crippen molar-refractivity contribution >= 4 is 6.29 Å². The second-order valence-electron chi connectivity index (χ2n) is 7.38. The average Bonchev–Trinajstić information content (AvgIpc) is 2.54. The Labute approximate surface area is 135 Å². The highest BCUT2D eigenvalue weighted by Crippen LogP contribution is 2.46. The lowest BCUT2D eigenvalue weighted by atomic mass is 9.69. The highest BCUT2D eigenvalue weighted by Gasteiger charge is 2.43. The molecule has 5 atom stereocenters. The molecule has 0 aromatic rings. The van der Waals surface area contributed by atoms with Gasteiger partial charge in [-0.25, -0.2) is 0 Å². The minimum atomic E-state index is -0.434. The fourth-order valence-electron chi connectivity index (χ4n) is 4.23. The fourth-order valence-corrected chi connectivity index (χ4v) is 4.23. The molecule has 0 aliphatic heterocycles. The molecule has 0 unspecified atom stereocenters. The predicted octanol–water partition coefficient (Wildman–Crippen LogP) is 4.46. The third-order valence-electron chi connectivity index (χ3n) is 5.60. The monoisotopic (exact) mass is 302 g/mol. The Morgan fingerprint density at radius 1 is 1.50 bits per heavy atom. The fraction of sp³-hybridized carbons (Fsp3) is 0.650. The molecule has 0 heterocycles. The van der Waals surface area contributed by atoms with Gasteiger partial charge in [0, 0.05) is 11.8 Å². The van der Waals surface area contributed by atoms with E-state index in [0.29, 0.717) is 11.8 Å². The molecule has 0 amide bonds. The summed E-state index contributed by atoms with van der Waals surface area (Å²) in [6, 6.07) is 0. The van der Waals surface area contributed by atoms with E-state index in [9.17, 15) is 9.90 Å². The Kier molecular flexibility index (Phi) is 5.80. The number of aldehydes is 1. The van der Waals surface area contributed by atoms with Gasteiger partial charge in [-0.15, -0.1) is 0 Å². The van der Waals surface area contributed by atoms with Crippen molar-refractivity contribution in [3.05, 3.63) is 35.5 Å². The average molecular weight is 302 g/mol. The summed E-state index contributed by atoms with van der Waals surface area (Å²) in [4.78, 5) is 11.5. The van der Waals surface area contributed by atoms with Crippen molar-refractivity contribution in [2.45, 2.75) is 59.0 Å². The maximum absolute atomic E-state index is 11.5. The Morgan fingerprint density at radius 3 is 2.86 bits per heavy atom. The van der Waals surface area contributed by atoms with E-state index >= 15 is 0 Å². The van der Waals surface area contributed by atoms with E-state index in [0.717, 1.165) is 49.5 Å². The summed E-state index contributed by atoms with van der Waals surface area (Å²) in [5, 5.41) is 10.8. The van der Waals surface area contributed by atoms with Gasteiger partial charge in [0.15, 0.2) is 0 Å². The van der Waals surface area contributed by atoms with E-state index in [1.807, 2.05) is 6.08 Å². The van der Waals surface area contributed by atoms with Gasteiger partial charge in [0.25, 0.3) is 0 Å². The molecule has 1 saturated carbocycles. The van der Waals surface area contributed by atoms with E-state index in [1.165, 1.54) is 5.57 Å². The third kappa shape index (κ3) is 3.60. The molecule has 2 bridgehead atoms. The van der Waals surface area contributed by atoms with Crippen molar-refractivity contribution in [2.24, 2.45) is 23.7 Å². The van der Waals surface area contributed by atoms with Crippen LogP contribution in [0.15, 0.2) is 35.5 Å². The molecule has 2 aliphatic carbocycles. The molecule has 1 N–H and O–H groups in total. The van der Waals surface area contributed by atoms with E-state index in [-0.39, 0.29) is 11.8 Å². The summed E-state index contributed by atoms with van der Waals surface area (Å²) in [5.74, 6) is 1.02. The number of aliphatic hydroxyl groups is 1. The molecule has 2 nitrogen and oxygen atoms in total. The van der Waals surface area contributed by atoms with Crippen molar-refractivity contribution in [3.63, 3.8) is 0 Å². The normalized spacial score (nSPS) is 32.7. The van der Waals surface area contributed by atoms with Crippen LogP contribution < -0.4 is 0 Å². The first-order valence-corrected chi connectivity index (χ1v) is 8.60.